The Labute approximate surface area is 97.7 Å². The molecule has 0 saturated heterocycles. The number of nitrogens with zero attached hydrogens (tertiary/aromatic N) is 2. The third-order valence-corrected chi connectivity index (χ3v) is 3.41. The molecular formula is C13H21N3. The Kier molecular flexibility index (Phi) is 3.78. The molecular weight excluding hydrogens is 198 g/mol. The van der Waals surface area contributed by atoms with E-state index in [2.05, 4.69) is 16.8 Å². The van der Waals surface area contributed by atoms with Crippen molar-refractivity contribution in [3.05, 3.63) is 24.0 Å². The molecule has 16 heavy (non-hydrogen) atoms. The van der Waals surface area contributed by atoms with Gasteiger partial charge < -0.3 is 5.73 Å². The van der Waals surface area contributed by atoms with Crippen molar-refractivity contribution in [1.29, 1.82) is 0 Å². The molecule has 0 bridgehead atoms. The summed E-state index contributed by atoms with van der Waals surface area (Å²) in [5.41, 5.74) is 7.65. The summed E-state index contributed by atoms with van der Waals surface area (Å²) in [6.45, 7) is 5.45. The first-order valence-electron chi connectivity index (χ1n) is 6.20. The quantitative estimate of drug-likeness (QED) is 0.826. The van der Waals surface area contributed by atoms with Crippen LogP contribution in [0.3, 0.4) is 0 Å². The lowest BCUT2D eigenvalue weighted by atomic mass is 9.85. The zero-order chi connectivity index (χ0) is 11.4. The van der Waals surface area contributed by atoms with Crippen LogP contribution in [-0.2, 0) is 6.54 Å². The van der Waals surface area contributed by atoms with Crippen molar-refractivity contribution in [2.24, 2.45) is 5.92 Å². The lowest BCUT2D eigenvalue weighted by molar-refractivity contribution is 0.177. The second-order valence-electron chi connectivity index (χ2n) is 4.71. The van der Waals surface area contributed by atoms with Crippen LogP contribution in [0.2, 0.25) is 0 Å². The number of pyridine rings is 1. The summed E-state index contributed by atoms with van der Waals surface area (Å²) >= 11 is 0. The Balaban J connectivity index is 1.89. The molecule has 0 atom stereocenters. The summed E-state index contributed by atoms with van der Waals surface area (Å²) in [6, 6.07) is 3.81. The van der Waals surface area contributed by atoms with E-state index >= 15 is 0 Å². The monoisotopic (exact) mass is 219 g/mol. The van der Waals surface area contributed by atoms with Crippen LogP contribution in [0, 0.1) is 5.92 Å². The number of nitrogen functional groups attached to an aromatic ring is 1. The van der Waals surface area contributed by atoms with E-state index in [9.17, 15) is 0 Å². The van der Waals surface area contributed by atoms with Gasteiger partial charge in [0.1, 0.15) is 0 Å². The largest absolute Gasteiger partial charge is 0.399 e. The summed E-state index contributed by atoms with van der Waals surface area (Å²) in [4.78, 5) is 6.82. The van der Waals surface area contributed by atoms with Crippen LogP contribution in [0.4, 0.5) is 5.69 Å². The fraction of sp³-hybridized carbons (Fsp3) is 0.615. The van der Waals surface area contributed by atoms with E-state index in [-0.39, 0.29) is 0 Å². The van der Waals surface area contributed by atoms with Crippen molar-refractivity contribution in [2.45, 2.75) is 32.7 Å². The molecule has 1 saturated carbocycles. The van der Waals surface area contributed by atoms with E-state index in [4.69, 9.17) is 5.73 Å². The van der Waals surface area contributed by atoms with Gasteiger partial charge in [0.25, 0.3) is 0 Å². The van der Waals surface area contributed by atoms with Crippen molar-refractivity contribution < 1.29 is 0 Å². The fourth-order valence-corrected chi connectivity index (χ4v) is 2.16. The van der Waals surface area contributed by atoms with Crippen molar-refractivity contribution in [1.82, 2.24) is 9.88 Å². The summed E-state index contributed by atoms with van der Waals surface area (Å²) in [5, 5.41) is 0. The van der Waals surface area contributed by atoms with Gasteiger partial charge in [-0.25, -0.2) is 0 Å². The van der Waals surface area contributed by atoms with E-state index in [1.807, 2.05) is 12.1 Å². The number of aromatic nitrogens is 1. The maximum Gasteiger partial charge on any atom is 0.0564 e. The second kappa shape index (κ2) is 5.30. The number of hydrogen-bond donors (Lipinski definition) is 1. The highest BCUT2D eigenvalue weighted by atomic mass is 15.1. The Morgan fingerprint density at radius 1 is 1.50 bits per heavy atom. The standard InChI is InChI=1S/C13H21N3/c1-2-16(9-11-4-3-5-11)10-13-8-12(14)6-7-15-13/h6-8,11H,2-5,9-10H2,1H3,(H2,14,15). The van der Waals surface area contributed by atoms with E-state index in [1.165, 1.54) is 25.8 Å². The van der Waals surface area contributed by atoms with Crippen molar-refractivity contribution in [3.8, 4) is 0 Å². The van der Waals surface area contributed by atoms with Gasteiger partial charge in [0.15, 0.2) is 0 Å². The van der Waals surface area contributed by atoms with E-state index in [1.54, 1.807) is 6.20 Å². The molecule has 2 N–H and O–H groups in total. The SMILES string of the molecule is CCN(Cc1cc(N)ccn1)CC1CCC1. The van der Waals surface area contributed by atoms with Crippen LogP contribution in [0.25, 0.3) is 0 Å². The summed E-state index contributed by atoms with van der Waals surface area (Å²) in [6.07, 6.45) is 6.02. The van der Waals surface area contributed by atoms with Crippen molar-refractivity contribution in [2.75, 3.05) is 18.8 Å². The Hall–Kier alpha value is -1.09. The molecule has 1 aromatic heterocycles. The zero-order valence-electron chi connectivity index (χ0n) is 10.0. The maximum absolute atomic E-state index is 5.76. The highest BCUT2D eigenvalue weighted by Crippen LogP contribution is 2.27. The first-order chi connectivity index (χ1) is 7.78. The summed E-state index contributed by atoms with van der Waals surface area (Å²) in [7, 11) is 0. The molecule has 3 nitrogen and oxygen atoms in total. The van der Waals surface area contributed by atoms with E-state index < -0.39 is 0 Å². The maximum atomic E-state index is 5.76. The number of rotatable bonds is 5. The van der Waals surface area contributed by atoms with Crippen molar-refractivity contribution >= 4 is 5.69 Å². The number of nitrogens with two attached hydrogens (primary N) is 1. The average Bonchev–Trinajstić information content (AvgIpc) is 2.21. The predicted octanol–water partition coefficient (Wildman–Crippen LogP) is 2.29. The van der Waals surface area contributed by atoms with Crippen LogP contribution in [-0.4, -0.2) is 23.0 Å². The molecule has 1 aliphatic carbocycles. The molecule has 0 amide bonds. The molecule has 1 fully saturated rings. The Bertz CT molecular complexity index is 334. The van der Waals surface area contributed by atoms with Crippen LogP contribution in [0.1, 0.15) is 31.9 Å². The summed E-state index contributed by atoms with van der Waals surface area (Å²) in [5.74, 6) is 0.918. The third kappa shape index (κ3) is 2.95. The molecule has 88 valence electrons. The molecule has 0 spiro atoms. The van der Waals surface area contributed by atoms with Crippen LogP contribution >= 0.6 is 0 Å². The van der Waals surface area contributed by atoms with Gasteiger partial charge in [-0.1, -0.05) is 13.3 Å². The van der Waals surface area contributed by atoms with Crippen LogP contribution in [0.5, 0.6) is 0 Å². The molecule has 0 aromatic carbocycles. The van der Waals surface area contributed by atoms with Crippen LogP contribution < -0.4 is 5.73 Å². The van der Waals surface area contributed by atoms with Crippen molar-refractivity contribution in [3.63, 3.8) is 0 Å². The highest BCUT2D eigenvalue weighted by molar-refractivity contribution is 5.37. The highest BCUT2D eigenvalue weighted by Gasteiger charge is 2.20. The van der Waals surface area contributed by atoms with Crippen LogP contribution in [0.15, 0.2) is 18.3 Å². The third-order valence-electron chi connectivity index (χ3n) is 3.41. The van der Waals surface area contributed by atoms with Gasteiger partial charge in [0, 0.05) is 25.0 Å². The fourth-order valence-electron chi connectivity index (χ4n) is 2.16. The predicted molar refractivity (Wildman–Crippen MR) is 66.9 cm³/mol. The molecule has 2 rings (SSSR count). The molecule has 0 radical (unpaired) electrons. The smallest absolute Gasteiger partial charge is 0.0564 e. The minimum Gasteiger partial charge on any atom is -0.399 e. The molecule has 3 heteroatoms. The minimum absolute atomic E-state index is 0.810. The molecule has 0 aliphatic heterocycles. The second-order valence-corrected chi connectivity index (χ2v) is 4.71. The molecule has 1 aromatic rings. The van der Waals surface area contributed by atoms with Gasteiger partial charge in [0.05, 0.1) is 5.69 Å². The van der Waals surface area contributed by atoms with Gasteiger partial charge in [-0.2, -0.15) is 0 Å². The topological polar surface area (TPSA) is 42.1 Å². The molecule has 0 unspecified atom stereocenters. The number of hydrogen-bond acceptors (Lipinski definition) is 3. The average molecular weight is 219 g/mol. The lowest BCUT2D eigenvalue weighted by Gasteiger charge is -2.31. The lowest BCUT2D eigenvalue weighted by Crippen LogP contribution is -2.32. The van der Waals surface area contributed by atoms with Gasteiger partial charge in [-0.3, -0.25) is 9.88 Å². The van der Waals surface area contributed by atoms with E-state index in [0.29, 0.717) is 0 Å². The Morgan fingerprint density at radius 2 is 2.31 bits per heavy atom. The molecule has 1 aliphatic rings. The minimum atomic E-state index is 0.810. The summed E-state index contributed by atoms with van der Waals surface area (Å²) < 4.78 is 0. The number of anilines is 1. The van der Waals surface area contributed by atoms with Gasteiger partial charge >= 0.3 is 0 Å². The van der Waals surface area contributed by atoms with Gasteiger partial charge in [-0.05, 0) is 37.4 Å². The van der Waals surface area contributed by atoms with Gasteiger partial charge in [0.2, 0.25) is 0 Å². The van der Waals surface area contributed by atoms with E-state index in [0.717, 1.165) is 30.4 Å². The van der Waals surface area contributed by atoms with Gasteiger partial charge in [-0.15, -0.1) is 0 Å². The Morgan fingerprint density at radius 3 is 2.88 bits per heavy atom. The first-order valence-corrected chi connectivity index (χ1v) is 6.20. The zero-order valence-corrected chi connectivity index (χ0v) is 10.0. The molecule has 1 heterocycles. The normalized spacial score (nSPS) is 16.4. The first kappa shape index (κ1) is 11.4.